The van der Waals surface area contributed by atoms with E-state index in [4.69, 9.17) is 14.2 Å². The molecule has 0 aliphatic rings. The van der Waals surface area contributed by atoms with Crippen molar-refractivity contribution in [2.45, 2.75) is 20.5 Å². The predicted octanol–water partition coefficient (Wildman–Crippen LogP) is 4.84. The highest BCUT2D eigenvalue weighted by atomic mass is 79.9. The lowest BCUT2D eigenvalue weighted by Crippen LogP contribution is -2.30. The van der Waals surface area contributed by atoms with Crippen LogP contribution in [0.15, 0.2) is 46.9 Å². The molecule has 0 aliphatic carbocycles. The van der Waals surface area contributed by atoms with Crippen LogP contribution in [0.3, 0.4) is 0 Å². The fourth-order valence-electron chi connectivity index (χ4n) is 2.46. The lowest BCUT2D eigenvalue weighted by molar-refractivity contribution is -0.0392. The summed E-state index contributed by atoms with van der Waals surface area (Å²) < 4.78 is 17.1. The summed E-state index contributed by atoms with van der Waals surface area (Å²) in [6.45, 7) is 5.99. The SMILES string of the molecule is CCN(CC)C(=O)c1ccc(Oc2ccc(Br)c(COCOC)c2)cc1. The van der Waals surface area contributed by atoms with E-state index in [2.05, 4.69) is 15.9 Å². The second-order valence-electron chi connectivity index (χ2n) is 5.61. The zero-order valence-corrected chi connectivity index (χ0v) is 16.9. The minimum atomic E-state index is 0.0303. The molecule has 5 nitrogen and oxygen atoms in total. The summed E-state index contributed by atoms with van der Waals surface area (Å²) in [6, 6.07) is 12.9. The van der Waals surface area contributed by atoms with E-state index in [1.54, 1.807) is 36.3 Å². The first-order valence-corrected chi connectivity index (χ1v) is 9.30. The normalized spacial score (nSPS) is 10.6. The Morgan fingerprint density at radius 2 is 1.69 bits per heavy atom. The second kappa shape index (κ2) is 10.3. The highest BCUT2D eigenvalue weighted by Gasteiger charge is 2.12. The van der Waals surface area contributed by atoms with E-state index in [9.17, 15) is 4.79 Å². The number of hydrogen-bond acceptors (Lipinski definition) is 4. The molecular weight excluding hydrogens is 398 g/mol. The molecule has 0 saturated heterocycles. The first kappa shape index (κ1) is 20.4. The Kier molecular flexibility index (Phi) is 8.09. The van der Waals surface area contributed by atoms with E-state index in [-0.39, 0.29) is 12.7 Å². The standard InChI is InChI=1S/C20H24BrNO4/c1-4-22(5-2)20(23)15-6-8-17(9-7-15)26-18-10-11-19(21)16(12-18)13-25-14-24-3/h6-12H,4-5,13-14H2,1-3H3. The zero-order chi connectivity index (χ0) is 18.9. The molecule has 0 N–H and O–H groups in total. The molecule has 0 aliphatic heterocycles. The van der Waals surface area contributed by atoms with Crippen molar-refractivity contribution in [3.05, 3.63) is 58.1 Å². The van der Waals surface area contributed by atoms with E-state index in [1.807, 2.05) is 32.0 Å². The van der Waals surface area contributed by atoms with Gasteiger partial charge in [0.2, 0.25) is 0 Å². The van der Waals surface area contributed by atoms with Crippen molar-refractivity contribution in [1.82, 2.24) is 4.90 Å². The molecule has 1 amide bonds. The Morgan fingerprint density at radius 3 is 2.31 bits per heavy atom. The average Bonchev–Trinajstić information content (AvgIpc) is 2.66. The Morgan fingerprint density at radius 1 is 1.04 bits per heavy atom. The van der Waals surface area contributed by atoms with Crippen molar-refractivity contribution in [1.29, 1.82) is 0 Å². The van der Waals surface area contributed by atoms with Crippen molar-refractivity contribution in [2.75, 3.05) is 27.0 Å². The van der Waals surface area contributed by atoms with Crippen LogP contribution in [0.4, 0.5) is 0 Å². The molecule has 2 rings (SSSR count). The summed E-state index contributed by atoms with van der Waals surface area (Å²) in [5.41, 5.74) is 1.62. The van der Waals surface area contributed by atoms with Crippen LogP contribution in [0, 0.1) is 0 Å². The van der Waals surface area contributed by atoms with Crippen molar-refractivity contribution in [3.63, 3.8) is 0 Å². The van der Waals surface area contributed by atoms with Gasteiger partial charge in [0.05, 0.1) is 6.61 Å². The Balaban J connectivity index is 2.07. The smallest absolute Gasteiger partial charge is 0.253 e. The topological polar surface area (TPSA) is 48.0 Å². The fourth-order valence-corrected chi connectivity index (χ4v) is 2.82. The number of hydrogen-bond donors (Lipinski definition) is 0. The Labute approximate surface area is 163 Å². The minimum Gasteiger partial charge on any atom is -0.457 e. The number of carbonyl (C=O) groups excluding carboxylic acids is 1. The van der Waals surface area contributed by atoms with Gasteiger partial charge in [-0.2, -0.15) is 0 Å². The molecule has 0 radical (unpaired) electrons. The summed E-state index contributed by atoms with van der Waals surface area (Å²) in [6.07, 6.45) is 0. The third-order valence-electron chi connectivity index (χ3n) is 3.86. The minimum absolute atomic E-state index is 0.0303. The molecule has 6 heteroatoms. The maximum atomic E-state index is 12.3. The van der Waals surface area contributed by atoms with Gasteiger partial charge in [0.15, 0.2) is 0 Å². The van der Waals surface area contributed by atoms with Gasteiger partial charge in [0.1, 0.15) is 18.3 Å². The van der Waals surface area contributed by atoms with Crippen LogP contribution < -0.4 is 4.74 Å². The number of carbonyl (C=O) groups is 1. The molecule has 2 aromatic carbocycles. The van der Waals surface area contributed by atoms with Crippen molar-refractivity contribution in [2.24, 2.45) is 0 Å². The van der Waals surface area contributed by atoms with Crippen LogP contribution in [-0.4, -0.2) is 37.8 Å². The maximum absolute atomic E-state index is 12.3. The van der Waals surface area contributed by atoms with Gasteiger partial charge in [-0.1, -0.05) is 15.9 Å². The van der Waals surface area contributed by atoms with Crippen LogP contribution in [-0.2, 0) is 16.1 Å². The van der Waals surface area contributed by atoms with Crippen molar-refractivity contribution < 1.29 is 19.0 Å². The highest BCUT2D eigenvalue weighted by molar-refractivity contribution is 9.10. The number of halogens is 1. The number of nitrogens with zero attached hydrogens (tertiary/aromatic N) is 1. The maximum Gasteiger partial charge on any atom is 0.253 e. The van der Waals surface area contributed by atoms with E-state index in [0.29, 0.717) is 36.8 Å². The quantitative estimate of drug-likeness (QED) is 0.429. The lowest BCUT2D eigenvalue weighted by atomic mass is 10.2. The Bertz CT molecular complexity index is 714. The molecule has 26 heavy (non-hydrogen) atoms. The molecular formula is C20H24BrNO4. The molecule has 140 valence electrons. The average molecular weight is 422 g/mol. The first-order chi connectivity index (χ1) is 12.6. The third kappa shape index (κ3) is 5.56. The van der Waals surface area contributed by atoms with Crippen LogP contribution >= 0.6 is 15.9 Å². The summed E-state index contributed by atoms with van der Waals surface area (Å²) in [5.74, 6) is 1.40. The largest absolute Gasteiger partial charge is 0.457 e. The van der Waals surface area contributed by atoms with Gasteiger partial charge in [-0.15, -0.1) is 0 Å². The molecule has 0 fully saturated rings. The number of rotatable bonds is 9. The lowest BCUT2D eigenvalue weighted by Gasteiger charge is -2.18. The number of methoxy groups -OCH3 is 1. The summed E-state index contributed by atoms with van der Waals surface area (Å²) >= 11 is 3.50. The molecule has 0 aromatic heterocycles. The van der Waals surface area contributed by atoms with E-state index in [1.165, 1.54) is 0 Å². The van der Waals surface area contributed by atoms with E-state index < -0.39 is 0 Å². The summed E-state index contributed by atoms with van der Waals surface area (Å²) in [7, 11) is 1.59. The van der Waals surface area contributed by atoms with Crippen LogP contribution in [0.1, 0.15) is 29.8 Å². The predicted molar refractivity (Wildman–Crippen MR) is 105 cm³/mol. The fraction of sp³-hybridized carbons (Fsp3) is 0.350. The Hall–Kier alpha value is -1.89. The molecule has 2 aromatic rings. The van der Waals surface area contributed by atoms with Crippen LogP contribution in [0.25, 0.3) is 0 Å². The number of amides is 1. The van der Waals surface area contributed by atoms with Crippen LogP contribution in [0.2, 0.25) is 0 Å². The van der Waals surface area contributed by atoms with Gasteiger partial charge in [-0.25, -0.2) is 0 Å². The molecule has 0 unspecified atom stereocenters. The van der Waals surface area contributed by atoms with Crippen molar-refractivity contribution >= 4 is 21.8 Å². The summed E-state index contributed by atoms with van der Waals surface area (Å²) in [5, 5.41) is 0. The van der Waals surface area contributed by atoms with Gasteiger partial charge < -0.3 is 19.1 Å². The van der Waals surface area contributed by atoms with E-state index in [0.717, 1.165) is 10.0 Å². The molecule has 0 bridgehead atoms. The van der Waals surface area contributed by atoms with Gasteiger partial charge in [0, 0.05) is 30.2 Å². The van der Waals surface area contributed by atoms with Gasteiger partial charge in [0.25, 0.3) is 5.91 Å². The molecule has 0 saturated carbocycles. The first-order valence-electron chi connectivity index (χ1n) is 8.51. The third-order valence-corrected chi connectivity index (χ3v) is 4.64. The monoisotopic (exact) mass is 421 g/mol. The van der Waals surface area contributed by atoms with Crippen molar-refractivity contribution in [3.8, 4) is 11.5 Å². The number of ether oxygens (including phenoxy) is 3. The molecule has 0 atom stereocenters. The van der Waals surface area contributed by atoms with Gasteiger partial charge >= 0.3 is 0 Å². The van der Waals surface area contributed by atoms with Crippen LogP contribution in [0.5, 0.6) is 11.5 Å². The molecule has 0 spiro atoms. The highest BCUT2D eigenvalue weighted by Crippen LogP contribution is 2.27. The van der Waals surface area contributed by atoms with E-state index >= 15 is 0 Å². The summed E-state index contributed by atoms with van der Waals surface area (Å²) in [4.78, 5) is 14.1. The van der Waals surface area contributed by atoms with Gasteiger partial charge in [-0.05, 0) is 61.9 Å². The second-order valence-corrected chi connectivity index (χ2v) is 6.47. The van der Waals surface area contributed by atoms with Gasteiger partial charge in [-0.3, -0.25) is 4.79 Å². The number of benzene rings is 2. The molecule has 0 heterocycles. The zero-order valence-electron chi connectivity index (χ0n) is 15.3.